The number of benzene rings is 2. The van der Waals surface area contributed by atoms with E-state index in [2.05, 4.69) is 20.9 Å². The fourth-order valence-corrected chi connectivity index (χ4v) is 8.85. The second-order valence-electron chi connectivity index (χ2n) is 10.7. The van der Waals surface area contributed by atoms with Crippen LogP contribution in [0.15, 0.2) is 60.8 Å². The number of hydrogen-bond acceptors (Lipinski definition) is 3. The number of carbonyl (C=O) groups excluding carboxylic acids is 2. The van der Waals surface area contributed by atoms with E-state index in [9.17, 15) is 9.59 Å². The molecule has 7 rings (SSSR count). The van der Waals surface area contributed by atoms with Gasteiger partial charge in [0.15, 0.2) is 6.10 Å². The molecule has 1 N–H and O–H groups in total. The van der Waals surface area contributed by atoms with Crippen LogP contribution in [0.1, 0.15) is 67.0 Å². The molecule has 4 aliphatic carbocycles. The van der Waals surface area contributed by atoms with Crippen molar-refractivity contribution in [3.05, 3.63) is 71.9 Å². The summed E-state index contributed by atoms with van der Waals surface area (Å²) < 4.78 is 6.22. The smallest absolute Gasteiger partial charge is 0.307 e. The first-order valence-electron chi connectivity index (χ1n) is 12.0. The van der Waals surface area contributed by atoms with Gasteiger partial charge in [-0.15, -0.1) is 0 Å². The quantitative estimate of drug-likeness (QED) is 0.228. The van der Waals surface area contributed by atoms with E-state index < -0.39 is 6.10 Å². The molecule has 170 valence electrons. The minimum absolute atomic E-state index is 0.00966. The molecule has 0 aliphatic heterocycles. The predicted molar refractivity (Wildman–Crippen MR) is 131 cm³/mol. The predicted octanol–water partition coefficient (Wildman–Crippen LogP) is 6.76. The van der Waals surface area contributed by atoms with Crippen molar-refractivity contribution in [1.29, 1.82) is 0 Å². The highest BCUT2D eigenvalue weighted by Crippen LogP contribution is 2.65. The molecule has 1 aromatic heterocycles. The van der Waals surface area contributed by atoms with E-state index >= 15 is 0 Å². The third kappa shape index (κ3) is 3.84. The van der Waals surface area contributed by atoms with Gasteiger partial charge in [0, 0.05) is 32.6 Å². The van der Waals surface area contributed by atoms with Crippen molar-refractivity contribution < 1.29 is 14.3 Å². The molecule has 5 heteroatoms. The zero-order valence-electron chi connectivity index (χ0n) is 18.6. The number of aromatic amines is 1. The average molecular weight is 506 g/mol. The second kappa shape index (κ2) is 7.83. The molecule has 4 nitrogen and oxygen atoms in total. The molecule has 4 bridgehead atoms. The summed E-state index contributed by atoms with van der Waals surface area (Å²) in [5.41, 5.74) is 2.18. The van der Waals surface area contributed by atoms with Crippen molar-refractivity contribution in [3.63, 3.8) is 0 Å². The minimum Gasteiger partial charge on any atom is -0.449 e. The topological polar surface area (TPSA) is 59.2 Å². The number of para-hydroxylation sites is 1. The molecule has 0 spiro atoms. The number of ether oxygens (including phenoxy) is 1. The highest BCUT2D eigenvalue weighted by atomic mass is 79.9. The Bertz CT molecular complexity index is 1200. The first kappa shape index (κ1) is 21.2. The number of ketones is 1. The molecule has 2 aromatic carbocycles. The molecule has 0 amide bonds. The van der Waals surface area contributed by atoms with Gasteiger partial charge >= 0.3 is 5.97 Å². The fourth-order valence-electron chi connectivity index (χ4n) is 7.34. The summed E-state index contributed by atoms with van der Waals surface area (Å²) in [6.07, 6.45) is 8.20. The zero-order valence-corrected chi connectivity index (χ0v) is 20.1. The van der Waals surface area contributed by atoms with Crippen LogP contribution in [0.25, 0.3) is 10.9 Å². The van der Waals surface area contributed by atoms with Gasteiger partial charge in [-0.1, -0.05) is 64.5 Å². The molecule has 0 saturated heterocycles. The van der Waals surface area contributed by atoms with Crippen molar-refractivity contribution in [2.45, 2.75) is 55.4 Å². The number of esters is 1. The van der Waals surface area contributed by atoms with Crippen LogP contribution in [-0.2, 0) is 9.53 Å². The van der Waals surface area contributed by atoms with Crippen LogP contribution in [0, 0.1) is 17.3 Å². The largest absolute Gasteiger partial charge is 0.449 e. The SMILES string of the molecule is O=C(CC12C[C@@H]3C[C@H](CC(Br)(C3)C1)C2)O[C@H](C(=O)c1c[nH]c2ccccc12)c1ccccc1. The molecule has 4 saturated carbocycles. The van der Waals surface area contributed by atoms with Gasteiger partial charge in [-0.3, -0.25) is 9.59 Å². The summed E-state index contributed by atoms with van der Waals surface area (Å²) in [5, 5.41) is 0.849. The summed E-state index contributed by atoms with van der Waals surface area (Å²) in [6, 6.07) is 17.1. The van der Waals surface area contributed by atoms with Crippen LogP contribution in [-0.4, -0.2) is 21.1 Å². The van der Waals surface area contributed by atoms with Crippen LogP contribution in [0.3, 0.4) is 0 Å². The molecule has 4 aliphatic rings. The Morgan fingerprint density at radius 2 is 1.70 bits per heavy atom. The van der Waals surface area contributed by atoms with E-state index in [1.54, 1.807) is 6.20 Å². The van der Waals surface area contributed by atoms with Crippen molar-refractivity contribution in [1.82, 2.24) is 4.98 Å². The average Bonchev–Trinajstić information content (AvgIpc) is 3.20. The van der Waals surface area contributed by atoms with Gasteiger partial charge in [-0.25, -0.2) is 0 Å². The van der Waals surface area contributed by atoms with Gasteiger partial charge in [0.1, 0.15) is 0 Å². The Labute approximate surface area is 202 Å². The number of aromatic nitrogens is 1. The van der Waals surface area contributed by atoms with E-state index in [1.807, 2.05) is 54.6 Å². The van der Waals surface area contributed by atoms with E-state index in [-0.39, 0.29) is 21.5 Å². The van der Waals surface area contributed by atoms with E-state index in [1.165, 1.54) is 19.3 Å². The van der Waals surface area contributed by atoms with Gasteiger partial charge in [-0.2, -0.15) is 0 Å². The summed E-state index contributed by atoms with van der Waals surface area (Å²) in [5.74, 6) is 0.969. The molecular weight excluding hydrogens is 478 g/mol. The molecule has 3 aromatic rings. The van der Waals surface area contributed by atoms with Gasteiger partial charge in [0.25, 0.3) is 0 Å². The minimum atomic E-state index is -0.940. The maximum atomic E-state index is 13.7. The second-order valence-corrected chi connectivity index (χ2v) is 12.4. The van der Waals surface area contributed by atoms with Crippen LogP contribution in [0.5, 0.6) is 0 Å². The number of nitrogens with one attached hydrogen (secondary N) is 1. The molecule has 0 unspecified atom stereocenters. The maximum absolute atomic E-state index is 13.7. The van der Waals surface area contributed by atoms with E-state index in [0.717, 1.165) is 30.2 Å². The van der Waals surface area contributed by atoms with Crippen molar-refractivity contribution in [3.8, 4) is 0 Å². The Morgan fingerprint density at radius 3 is 2.42 bits per heavy atom. The number of carbonyl (C=O) groups is 2. The third-order valence-electron chi connectivity index (χ3n) is 8.07. The number of Topliss-reactive ketones (excluding diaryl/α,β-unsaturated/α-hetero) is 1. The summed E-state index contributed by atoms with van der Waals surface area (Å²) in [4.78, 5) is 30.2. The van der Waals surface area contributed by atoms with Gasteiger partial charge in [0.05, 0.1) is 6.42 Å². The van der Waals surface area contributed by atoms with Crippen LogP contribution in [0.4, 0.5) is 0 Å². The first-order chi connectivity index (χ1) is 15.9. The Hall–Kier alpha value is -2.40. The number of H-pyrrole nitrogens is 1. The first-order valence-corrected chi connectivity index (χ1v) is 12.8. The Morgan fingerprint density at radius 1 is 1.00 bits per heavy atom. The van der Waals surface area contributed by atoms with Crippen LogP contribution >= 0.6 is 15.9 Å². The third-order valence-corrected chi connectivity index (χ3v) is 9.00. The number of halogens is 1. The fraction of sp³-hybridized carbons (Fsp3) is 0.429. The highest BCUT2D eigenvalue weighted by molar-refractivity contribution is 9.10. The van der Waals surface area contributed by atoms with Crippen molar-refractivity contribution in [2.75, 3.05) is 0 Å². The lowest BCUT2D eigenvalue weighted by Gasteiger charge is -2.60. The van der Waals surface area contributed by atoms with Crippen molar-refractivity contribution in [2.24, 2.45) is 17.3 Å². The van der Waals surface area contributed by atoms with Crippen LogP contribution < -0.4 is 0 Å². The normalized spacial score (nSPS) is 30.9. The van der Waals surface area contributed by atoms with Crippen LogP contribution in [0.2, 0.25) is 0 Å². The lowest BCUT2D eigenvalue weighted by molar-refractivity contribution is -0.154. The zero-order chi connectivity index (χ0) is 22.6. The van der Waals surface area contributed by atoms with Gasteiger partial charge in [-0.05, 0) is 61.8 Å². The number of alkyl halides is 1. The molecule has 33 heavy (non-hydrogen) atoms. The molecule has 1 heterocycles. The molecule has 4 fully saturated rings. The standard InChI is InChI=1S/C28H28BrNO3/c29-28-13-18-10-19(14-28)12-27(11-18,17-28)15-24(31)33-26(20-6-2-1-3-7-20)25(32)22-16-30-23-9-5-4-8-21(22)23/h1-9,16,18-19,26,30H,10-15,17H2/t18-,19-,26-,27?,28?/m0/s1. The molecular formula is C28H28BrNO3. The van der Waals surface area contributed by atoms with Crippen molar-refractivity contribution >= 4 is 38.6 Å². The van der Waals surface area contributed by atoms with E-state index in [4.69, 9.17) is 4.74 Å². The monoisotopic (exact) mass is 505 g/mol. The highest BCUT2D eigenvalue weighted by Gasteiger charge is 2.57. The Balaban J connectivity index is 1.27. The summed E-state index contributed by atoms with van der Waals surface area (Å²) >= 11 is 4.03. The summed E-state index contributed by atoms with van der Waals surface area (Å²) in [7, 11) is 0. The van der Waals surface area contributed by atoms with E-state index in [0.29, 0.717) is 29.4 Å². The van der Waals surface area contributed by atoms with Gasteiger partial charge < -0.3 is 9.72 Å². The lowest BCUT2D eigenvalue weighted by atomic mass is 9.49. The number of rotatable bonds is 6. The number of fused-ring (bicyclic) bond motifs is 1. The Kier molecular flexibility index (Phi) is 5.02. The maximum Gasteiger partial charge on any atom is 0.307 e. The lowest BCUT2D eigenvalue weighted by Crippen LogP contribution is -2.53. The molecule has 0 radical (unpaired) electrons. The summed E-state index contributed by atoms with van der Waals surface area (Å²) in [6.45, 7) is 0. The number of hydrogen-bond donors (Lipinski definition) is 1. The molecule has 3 atom stereocenters. The van der Waals surface area contributed by atoms with Gasteiger partial charge in [0.2, 0.25) is 5.78 Å².